The first kappa shape index (κ1) is 17.1. The number of nitrogens with one attached hydrogen (secondary N) is 1. The molecule has 3 rings (SSSR count). The van der Waals surface area contributed by atoms with Crippen LogP contribution in [0.4, 0.5) is 0 Å². The monoisotopic (exact) mass is 345 g/mol. The maximum atomic E-state index is 9.01. The number of ether oxygens (including phenoxy) is 1. The summed E-state index contributed by atoms with van der Waals surface area (Å²) in [7, 11) is 0. The van der Waals surface area contributed by atoms with Gasteiger partial charge >= 0.3 is 0 Å². The molecule has 0 aliphatic rings. The Bertz CT molecular complexity index is 937. The molecule has 0 amide bonds. The second-order valence-electron chi connectivity index (χ2n) is 5.62. The van der Waals surface area contributed by atoms with Crippen molar-refractivity contribution in [2.24, 2.45) is 11.6 Å². The van der Waals surface area contributed by atoms with Crippen molar-refractivity contribution in [2.75, 3.05) is 0 Å². The molecule has 0 bridgehead atoms. The van der Waals surface area contributed by atoms with Gasteiger partial charge in [-0.05, 0) is 48.0 Å². The van der Waals surface area contributed by atoms with Crippen molar-refractivity contribution in [3.63, 3.8) is 0 Å². The van der Waals surface area contributed by atoms with E-state index in [0.717, 1.165) is 17.0 Å². The number of allylic oxidation sites excluding steroid dienone is 1. The highest BCUT2D eigenvalue weighted by Gasteiger charge is 2.06. The fourth-order valence-electron chi connectivity index (χ4n) is 2.53. The smallest absolute Gasteiger partial charge is 0.151 e. The summed E-state index contributed by atoms with van der Waals surface area (Å²) in [6.07, 6.45) is 3.98. The Hall–Kier alpha value is -3.69. The SMILES string of the molecule is N#C/C(NN)=C(/N)c1cccc(COc2ccc(-n3cccc3)cc2)c1. The molecule has 0 fully saturated rings. The zero-order valence-corrected chi connectivity index (χ0v) is 14.1. The molecule has 0 atom stereocenters. The molecule has 130 valence electrons. The van der Waals surface area contributed by atoms with Crippen molar-refractivity contribution in [2.45, 2.75) is 6.61 Å². The van der Waals surface area contributed by atoms with Gasteiger partial charge in [-0.25, -0.2) is 5.84 Å². The summed E-state index contributed by atoms with van der Waals surface area (Å²) in [5.74, 6) is 6.08. The number of nitriles is 1. The zero-order valence-electron chi connectivity index (χ0n) is 14.1. The van der Waals surface area contributed by atoms with E-state index in [4.69, 9.17) is 21.6 Å². The van der Waals surface area contributed by atoms with Crippen LogP contribution in [0.25, 0.3) is 11.4 Å². The van der Waals surface area contributed by atoms with Crippen LogP contribution in [0.5, 0.6) is 5.75 Å². The van der Waals surface area contributed by atoms with Crippen molar-refractivity contribution in [1.29, 1.82) is 5.26 Å². The van der Waals surface area contributed by atoms with Gasteiger partial charge in [0.05, 0.1) is 5.70 Å². The molecule has 0 radical (unpaired) electrons. The maximum Gasteiger partial charge on any atom is 0.151 e. The molecular weight excluding hydrogens is 326 g/mol. The van der Waals surface area contributed by atoms with E-state index >= 15 is 0 Å². The van der Waals surface area contributed by atoms with E-state index in [9.17, 15) is 0 Å². The minimum Gasteiger partial charge on any atom is -0.489 e. The van der Waals surface area contributed by atoms with Crippen LogP contribution < -0.4 is 21.7 Å². The van der Waals surface area contributed by atoms with Gasteiger partial charge in [-0.1, -0.05) is 18.2 Å². The molecule has 1 aromatic heterocycles. The molecule has 0 spiro atoms. The van der Waals surface area contributed by atoms with Crippen molar-refractivity contribution in [3.05, 3.63) is 89.9 Å². The first-order valence-electron chi connectivity index (χ1n) is 8.03. The van der Waals surface area contributed by atoms with Gasteiger partial charge in [-0.15, -0.1) is 0 Å². The fourth-order valence-corrected chi connectivity index (χ4v) is 2.53. The Morgan fingerprint density at radius 1 is 1.08 bits per heavy atom. The molecule has 6 nitrogen and oxygen atoms in total. The van der Waals surface area contributed by atoms with E-state index in [1.807, 2.05) is 83.7 Å². The highest BCUT2D eigenvalue weighted by Crippen LogP contribution is 2.18. The highest BCUT2D eigenvalue weighted by molar-refractivity contribution is 5.68. The lowest BCUT2D eigenvalue weighted by molar-refractivity contribution is 0.306. The van der Waals surface area contributed by atoms with Gasteiger partial charge in [0.25, 0.3) is 0 Å². The fraction of sp³-hybridized carbons (Fsp3) is 0.0500. The van der Waals surface area contributed by atoms with Crippen LogP contribution in [-0.4, -0.2) is 4.57 Å². The average molecular weight is 345 g/mol. The quantitative estimate of drug-likeness (QED) is 0.362. The lowest BCUT2D eigenvalue weighted by Crippen LogP contribution is -2.23. The average Bonchev–Trinajstić information content (AvgIpc) is 3.23. The number of rotatable bonds is 6. The Labute approximate surface area is 151 Å². The molecule has 1 heterocycles. The Kier molecular flexibility index (Phi) is 5.22. The Morgan fingerprint density at radius 2 is 1.81 bits per heavy atom. The second-order valence-corrected chi connectivity index (χ2v) is 5.62. The van der Waals surface area contributed by atoms with Gasteiger partial charge in [0.15, 0.2) is 5.70 Å². The summed E-state index contributed by atoms with van der Waals surface area (Å²) in [4.78, 5) is 0. The van der Waals surface area contributed by atoms with E-state index in [1.165, 1.54) is 0 Å². The molecule has 3 aromatic rings. The summed E-state index contributed by atoms with van der Waals surface area (Å²) in [6, 6.07) is 21.2. The largest absolute Gasteiger partial charge is 0.489 e. The molecular formula is C20H19N5O. The second kappa shape index (κ2) is 7.92. The highest BCUT2D eigenvalue weighted by atomic mass is 16.5. The van der Waals surface area contributed by atoms with Gasteiger partial charge in [0.1, 0.15) is 18.4 Å². The lowest BCUT2D eigenvalue weighted by Gasteiger charge is -2.10. The van der Waals surface area contributed by atoms with Crippen molar-refractivity contribution in [1.82, 2.24) is 9.99 Å². The number of aromatic nitrogens is 1. The predicted octanol–water partition coefficient (Wildman–Crippen LogP) is 2.67. The van der Waals surface area contributed by atoms with E-state index in [0.29, 0.717) is 17.9 Å². The lowest BCUT2D eigenvalue weighted by atomic mass is 10.1. The number of nitrogens with two attached hydrogens (primary N) is 2. The molecule has 26 heavy (non-hydrogen) atoms. The van der Waals surface area contributed by atoms with Crippen molar-refractivity contribution in [3.8, 4) is 17.5 Å². The summed E-state index contributed by atoms with van der Waals surface area (Å²) in [5, 5.41) is 9.01. The molecule has 0 saturated heterocycles. The molecule has 2 aromatic carbocycles. The van der Waals surface area contributed by atoms with E-state index in [1.54, 1.807) is 0 Å². The van der Waals surface area contributed by atoms with Crippen LogP contribution in [0.1, 0.15) is 11.1 Å². The van der Waals surface area contributed by atoms with Crippen LogP contribution in [0.2, 0.25) is 0 Å². The Morgan fingerprint density at radius 3 is 2.46 bits per heavy atom. The predicted molar refractivity (Wildman–Crippen MR) is 101 cm³/mol. The zero-order chi connectivity index (χ0) is 18.4. The topological polar surface area (TPSA) is 102 Å². The van der Waals surface area contributed by atoms with Crippen molar-refractivity contribution < 1.29 is 4.74 Å². The third-order valence-electron chi connectivity index (χ3n) is 3.91. The Balaban J connectivity index is 1.70. The normalized spacial score (nSPS) is 11.4. The number of hydrogen-bond donors (Lipinski definition) is 3. The first-order chi connectivity index (χ1) is 12.7. The van der Waals surface area contributed by atoms with Crippen LogP contribution >= 0.6 is 0 Å². The summed E-state index contributed by atoms with van der Waals surface area (Å²) in [5.41, 5.74) is 11.4. The van der Waals surface area contributed by atoms with Gasteiger partial charge < -0.3 is 20.5 Å². The molecule has 0 aliphatic carbocycles. The summed E-state index contributed by atoms with van der Waals surface area (Å²) < 4.78 is 7.87. The van der Waals surface area contributed by atoms with E-state index < -0.39 is 0 Å². The third kappa shape index (κ3) is 3.86. The van der Waals surface area contributed by atoms with Crippen LogP contribution in [0.3, 0.4) is 0 Å². The van der Waals surface area contributed by atoms with Crippen LogP contribution in [0, 0.1) is 11.3 Å². The van der Waals surface area contributed by atoms with Gasteiger partial charge in [0, 0.05) is 23.6 Å². The maximum absolute atomic E-state index is 9.01. The van der Waals surface area contributed by atoms with E-state index in [2.05, 4.69) is 5.43 Å². The third-order valence-corrected chi connectivity index (χ3v) is 3.91. The van der Waals surface area contributed by atoms with Crippen LogP contribution in [0.15, 0.2) is 78.8 Å². The molecule has 0 aliphatic heterocycles. The first-order valence-corrected chi connectivity index (χ1v) is 8.03. The molecule has 0 saturated carbocycles. The molecule has 6 heteroatoms. The number of hydrogen-bond acceptors (Lipinski definition) is 5. The van der Waals surface area contributed by atoms with Crippen LogP contribution in [-0.2, 0) is 6.61 Å². The van der Waals surface area contributed by atoms with E-state index in [-0.39, 0.29) is 5.70 Å². The minimum atomic E-state index is 0.128. The summed E-state index contributed by atoms with van der Waals surface area (Å²) >= 11 is 0. The standard InChI is InChI=1S/C20H19N5O/c21-13-19(24-23)20(22)16-5-3-4-15(12-16)14-26-18-8-6-17(7-9-18)25-10-1-2-11-25/h1-12,24H,14,22-23H2/b20-19-. The molecule has 5 N–H and O–H groups in total. The minimum absolute atomic E-state index is 0.128. The van der Waals surface area contributed by atoms with Gasteiger partial charge in [-0.3, -0.25) is 0 Å². The summed E-state index contributed by atoms with van der Waals surface area (Å²) in [6.45, 7) is 0.391. The molecule has 0 unspecified atom stereocenters. The van der Waals surface area contributed by atoms with Crippen molar-refractivity contribution >= 4 is 5.70 Å². The van der Waals surface area contributed by atoms with Gasteiger partial charge in [0.2, 0.25) is 0 Å². The number of hydrazine groups is 1. The number of benzene rings is 2. The van der Waals surface area contributed by atoms with Gasteiger partial charge in [-0.2, -0.15) is 5.26 Å². The number of nitrogens with zero attached hydrogens (tertiary/aromatic N) is 2.